The molecule has 8 nitrogen and oxygen atoms in total. The number of benzene rings is 2. The van der Waals surface area contributed by atoms with E-state index in [-0.39, 0.29) is 27.9 Å². The van der Waals surface area contributed by atoms with Crippen LogP contribution in [0.1, 0.15) is 29.6 Å². The van der Waals surface area contributed by atoms with Crippen LogP contribution in [0.15, 0.2) is 53.7 Å². The fraction of sp³-hybridized carbons (Fsp3) is 0.364. The topological polar surface area (TPSA) is 87.7 Å². The average Bonchev–Trinajstić information content (AvgIpc) is 3.31. The number of hydrogen-bond donors (Lipinski definition) is 1. The van der Waals surface area contributed by atoms with Crippen molar-refractivity contribution in [3.8, 4) is 5.75 Å². The van der Waals surface area contributed by atoms with Gasteiger partial charge in [0.15, 0.2) is 0 Å². The predicted molar refractivity (Wildman–Crippen MR) is 123 cm³/mol. The first-order chi connectivity index (χ1) is 15.9. The van der Waals surface area contributed by atoms with Crippen LogP contribution >= 0.6 is 11.5 Å². The number of aromatic nitrogens is 2. The molecule has 2 aliphatic heterocycles. The van der Waals surface area contributed by atoms with Gasteiger partial charge in [-0.1, -0.05) is 18.2 Å². The molecule has 0 unspecified atom stereocenters. The molecule has 1 fully saturated rings. The van der Waals surface area contributed by atoms with E-state index in [0.29, 0.717) is 12.4 Å². The highest BCUT2D eigenvalue weighted by Crippen LogP contribution is 2.42. The lowest BCUT2D eigenvalue weighted by Crippen LogP contribution is -2.49. The molecule has 0 bridgehead atoms. The largest absolute Gasteiger partial charge is 0.493 e. The molecule has 0 radical (unpaired) electrons. The number of likely N-dealkylation sites (N-methyl/N-ethyl adjacent to an activating group) is 1. The standard InChI is InChI=1S/C22H24FN5O3S2/c1-27-9-10-28(20(13-27)15-2-4-16(23)5-3-15)19-8-11-31-21-12-17(6-7-18(19)21)33(29,30)26-22-24-14-25-32-22/h2-7,12,14,19-20H,8-11,13H2,1H3,(H,24,25,26)/t19-,20-/m0/s1. The predicted octanol–water partition coefficient (Wildman–Crippen LogP) is 3.29. The highest BCUT2D eigenvalue weighted by atomic mass is 32.2. The molecule has 5 rings (SSSR count). The van der Waals surface area contributed by atoms with E-state index in [9.17, 15) is 12.8 Å². The van der Waals surface area contributed by atoms with E-state index in [2.05, 4.69) is 30.9 Å². The van der Waals surface area contributed by atoms with Crippen LogP contribution < -0.4 is 9.46 Å². The summed E-state index contributed by atoms with van der Waals surface area (Å²) in [5.74, 6) is 0.324. The Bertz CT molecular complexity index is 1220. The number of halogens is 1. The summed E-state index contributed by atoms with van der Waals surface area (Å²) in [6.07, 6.45) is 2.10. The van der Waals surface area contributed by atoms with Gasteiger partial charge in [0.2, 0.25) is 5.13 Å². The number of piperazine rings is 1. The second-order valence-electron chi connectivity index (χ2n) is 8.27. The van der Waals surface area contributed by atoms with Gasteiger partial charge in [0.1, 0.15) is 17.9 Å². The Morgan fingerprint density at radius 1 is 1.15 bits per heavy atom. The first kappa shape index (κ1) is 22.2. The molecule has 2 aromatic carbocycles. The zero-order chi connectivity index (χ0) is 23.0. The van der Waals surface area contributed by atoms with E-state index in [0.717, 1.165) is 48.7 Å². The molecule has 1 saturated heterocycles. The maximum absolute atomic E-state index is 13.5. The normalized spacial score (nSPS) is 21.9. The molecular formula is C22H24FN5O3S2. The Labute approximate surface area is 196 Å². The van der Waals surface area contributed by atoms with Gasteiger partial charge in [-0.15, -0.1) is 0 Å². The minimum Gasteiger partial charge on any atom is -0.493 e. The van der Waals surface area contributed by atoms with Crippen molar-refractivity contribution in [2.45, 2.75) is 23.4 Å². The van der Waals surface area contributed by atoms with Gasteiger partial charge in [-0.05, 0) is 30.8 Å². The van der Waals surface area contributed by atoms with Gasteiger partial charge in [0.25, 0.3) is 10.0 Å². The van der Waals surface area contributed by atoms with Gasteiger partial charge in [-0.2, -0.15) is 4.37 Å². The van der Waals surface area contributed by atoms with Crippen molar-refractivity contribution in [1.29, 1.82) is 0 Å². The first-order valence-corrected chi connectivity index (χ1v) is 12.9. The fourth-order valence-corrected chi connectivity index (χ4v) is 6.22. The molecule has 2 atom stereocenters. The highest BCUT2D eigenvalue weighted by molar-refractivity contribution is 7.93. The van der Waals surface area contributed by atoms with E-state index in [1.54, 1.807) is 12.1 Å². The third-order valence-corrected chi connectivity index (χ3v) is 8.21. The van der Waals surface area contributed by atoms with Crippen LogP contribution in [0.25, 0.3) is 0 Å². The average molecular weight is 490 g/mol. The molecule has 3 aromatic rings. The van der Waals surface area contributed by atoms with Crippen LogP contribution in [0.3, 0.4) is 0 Å². The lowest BCUT2D eigenvalue weighted by molar-refractivity contribution is 0.0334. The van der Waals surface area contributed by atoms with Crippen LogP contribution in [0, 0.1) is 5.82 Å². The molecule has 1 N–H and O–H groups in total. The Kier molecular flexibility index (Phi) is 6.04. The van der Waals surface area contributed by atoms with E-state index >= 15 is 0 Å². The summed E-state index contributed by atoms with van der Waals surface area (Å²) in [5.41, 5.74) is 2.03. The minimum atomic E-state index is -3.80. The number of hydrogen-bond acceptors (Lipinski definition) is 8. The molecule has 2 aliphatic rings. The minimum absolute atomic E-state index is 0.0744. The first-order valence-electron chi connectivity index (χ1n) is 10.7. The molecule has 0 aliphatic carbocycles. The quantitative estimate of drug-likeness (QED) is 0.588. The maximum Gasteiger partial charge on any atom is 0.263 e. The SMILES string of the molecule is CN1CCN([C@H]2CCOc3cc(S(=O)(=O)Nc4ncns4)ccc32)[C@H](c2ccc(F)cc2)C1. The lowest BCUT2D eigenvalue weighted by atomic mass is 9.93. The summed E-state index contributed by atoms with van der Waals surface area (Å²) in [7, 11) is -1.71. The second kappa shape index (κ2) is 8.98. The molecule has 174 valence electrons. The number of rotatable bonds is 5. The van der Waals surface area contributed by atoms with E-state index in [1.807, 2.05) is 18.2 Å². The summed E-state index contributed by atoms with van der Waals surface area (Å²) in [6.45, 7) is 3.09. The van der Waals surface area contributed by atoms with Gasteiger partial charge in [-0.3, -0.25) is 9.62 Å². The molecule has 0 amide bonds. The summed E-state index contributed by atoms with van der Waals surface area (Å²) in [4.78, 5) is 8.71. The number of nitrogens with one attached hydrogen (secondary N) is 1. The van der Waals surface area contributed by atoms with Crippen LogP contribution in [-0.2, 0) is 10.0 Å². The highest BCUT2D eigenvalue weighted by Gasteiger charge is 2.36. The van der Waals surface area contributed by atoms with Gasteiger partial charge in [0.05, 0.1) is 11.5 Å². The zero-order valence-electron chi connectivity index (χ0n) is 18.0. The molecule has 0 saturated carbocycles. The van der Waals surface area contributed by atoms with Gasteiger partial charge >= 0.3 is 0 Å². The van der Waals surface area contributed by atoms with E-state index in [4.69, 9.17) is 4.74 Å². The smallest absolute Gasteiger partial charge is 0.263 e. The number of fused-ring (bicyclic) bond motifs is 1. The van der Waals surface area contributed by atoms with Crippen molar-refractivity contribution in [2.24, 2.45) is 0 Å². The van der Waals surface area contributed by atoms with Crippen LogP contribution in [0.4, 0.5) is 9.52 Å². The summed E-state index contributed by atoms with van der Waals surface area (Å²) in [6, 6.07) is 11.9. The Morgan fingerprint density at radius 2 is 1.97 bits per heavy atom. The van der Waals surface area contributed by atoms with Crippen LogP contribution in [0.5, 0.6) is 5.75 Å². The maximum atomic E-state index is 13.5. The van der Waals surface area contributed by atoms with E-state index in [1.165, 1.54) is 18.5 Å². The molecule has 11 heteroatoms. The number of ether oxygens (including phenoxy) is 1. The summed E-state index contributed by atoms with van der Waals surface area (Å²) >= 11 is 0.975. The third kappa shape index (κ3) is 4.58. The van der Waals surface area contributed by atoms with Gasteiger partial charge in [-0.25, -0.2) is 17.8 Å². The molecule has 3 heterocycles. The number of sulfonamides is 1. The van der Waals surface area contributed by atoms with Crippen molar-refractivity contribution in [3.63, 3.8) is 0 Å². The van der Waals surface area contributed by atoms with Crippen molar-refractivity contribution in [1.82, 2.24) is 19.2 Å². The van der Waals surface area contributed by atoms with Crippen LogP contribution in [0.2, 0.25) is 0 Å². The van der Waals surface area contributed by atoms with E-state index < -0.39 is 10.0 Å². The Morgan fingerprint density at radius 3 is 2.73 bits per heavy atom. The van der Waals surface area contributed by atoms with Crippen LogP contribution in [-0.4, -0.2) is 60.9 Å². The monoisotopic (exact) mass is 489 g/mol. The second-order valence-corrected chi connectivity index (χ2v) is 10.7. The Hall–Kier alpha value is -2.60. The van der Waals surface area contributed by atoms with Crippen molar-refractivity contribution in [2.75, 3.05) is 38.0 Å². The van der Waals surface area contributed by atoms with Crippen molar-refractivity contribution < 1.29 is 17.5 Å². The van der Waals surface area contributed by atoms with Crippen molar-refractivity contribution in [3.05, 3.63) is 65.7 Å². The Balaban J connectivity index is 1.45. The lowest BCUT2D eigenvalue weighted by Gasteiger charge is -2.46. The number of anilines is 1. The van der Waals surface area contributed by atoms with Gasteiger partial charge in [0, 0.05) is 61.3 Å². The zero-order valence-corrected chi connectivity index (χ0v) is 19.7. The van der Waals surface area contributed by atoms with Gasteiger partial charge < -0.3 is 9.64 Å². The molecule has 1 aromatic heterocycles. The fourth-order valence-electron chi connectivity index (χ4n) is 4.54. The summed E-state index contributed by atoms with van der Waals surface area (Å²) in [5, 5.41) is 0.214. The molecule has 0 spiro atoms. The molecular weight excluding hydrogens is 465 g/mol. The van der Waals surface area contributed by atoms with Crippen molar-refractivity contribution >= 4 is 26.7 Å². The molecule has 33 heavy (non-hydrogen) atoms. The number of nitrogens with zero attached hydrogens (tertiary/aromatic N) is 4. The third-order valence-electron chi connectivity index (χ3n) is 6.17. The summed E-state index contributed by atoms with van der Waals surface area (Å²) < 4.78 is 51.3.